The lowest BCUT2D eigenvalue weighted by Crippen LogP contribution is -2.35. The lowest BCUT2D eigenvalue weighted by Gasteiger charge is -2.26. The highest BCUT2D eigenvalue weighted by atomic mass is 32.1. The van der Waals surface area contributed by atoms with E-state index in [1.165, 1.54) is 0 Å². The molecule has 1 aliphatic rings. The molecule has 2 N–H and O–H groups in total. The Hall–Kier alpha value is -0.450. The van der Waals surface area contributed by atoms with Crippen LogP contribution in [0.3, 0.4) is 0 Å². The van der Waals surface area contributed by atoms with Gasteiger partial charge >= 0.3 is 0 Å². The van der Waals surface area contributed by atoms with Gasteiger partial charge in [-0.25, -0.2) is 4.98 Å². The molecule has 0 bridgehead atoms. The van der Waals surface area contributed by atoms with Gasteiger partial charge in [-0.1, -0.05) is 0 Å². The zero-order valence-electron chi connectivity index (χ0n) is 8.19. The van der Waals surface area contributed by atoms with Crippen LogP contribution in [0, 0.1) is 5.92 Å². The van der Waals surface area contributed by atoms with Gasteiger partial charge in [0.05, 0.1) is 5.01 Å². The second-order valence-corrected chi connectivity index (χ2v) is 4.72. The van der Waals surface area contributed by atoms with Crippen molar-refractivity contribution in [1.82, 2.24) is 4.98 Å². The summed E-state index contributed by atoms with van der Waals surface area (Å²) in [6, 6.07) is 0.255. The van der Waals surface area contributed by atoms with Crippen LogP contribution in [0.15, 0.2) is 11.6 Å². The van der Waals surface area contributed by atoms with E-state index in [9.17, 15) is 0 Å². The van der Waals surface area contributed by atoms with Crippen molar-refractivity contribution in [3.05, 3.63) is 16.6 Å². The molecule has 1 aromatic heterocycles. The Kier molecular flexibility index (Phi) is 3.50. The standard InChI is InChI=1S/C10H16N2OS/c11-9(7-10-12-3-6-14-10)8-1-4-13-5-2-8/h3,6,8-9H,1-2,4-5,7,11H2. The molecule has 14 heavy (non-hydrogen) atoms. The SMILES string of the molecule is NC(Cc1nccs1)C1CCOCC1. The molecule has 0 amide bonds. The topological polar surface area (TPSA) is 48.1 Å². The molecule has 0 spiro atoms. The number of rotatable bonds is 3. The molecule has 3 nitrogen and oxygen atoms in total. The number of nitrogens with zero attached hydrogens (tertiary/aromatic N) is 1. The smallest absolute Gasteiger partial charge is 0.0940 e. The normalized spacial score (nSPS) is 20.9. The minimum atomic E-state index is 0.255. The van der Waals surface area contributed by atoms with Crippen molar-refractivity contribution in [3.63, 3.8) is 0 Å². The van der Waals surface area contributed by atoms with Gasteiger partial charge in [0.25, 0.3) is 0 Å². The highest BCUT2D eigenvalue weighted by Gasteiger charge is 2.21. The molecule has 1 aliphatic heterocycles. The second kappa shape index (κ2) is 4.87. The van der Waals surface area contributed by atoms with Gasteiger partial charge in [-0.05, 0) is 18.8 Å². The van der Waals surface area contributed by atoms with E-state index in [1.807, 2.05) is 11.6 Å². The van der Waals surface area contributed by atoms with Crippen LogP contribution in [0.25, 0.3) is 0 Å². The molecule has 0 aliphatic carbocycles. The van der Waals surface area contributed by atoms with E-state index in [1.54, 1.807) is 11.3 Å². The number of thiazole rings is 1. The van der Waals surface area contributed by atoms with Crippen LogP contribution in [0.4, 0.5) is 0 Å². The predicted octanol–water partition coefficient (Wildman–Crippen LogP) is 1.44. The largest absolute Gasteiger partial charge is 0.381 e. The first-order valence-electron chi connectivity index (χ1n) is 5.08. The summed E-state index contributed by atoms with van der Waals surface area (Å²) in [5.74, 6) is 0.618. The summed E-state index contributed by atoms with van der Waals surface area (Å²) >= 11 is 1.69. The minimum absolute atomic E-state index is 0.255. The Balaban J connectivity index is 1.85. The fourth-order valence-electron chi connectivity index (χ4n) is 1.87. The van der Waals surface area contributed by atoms with Gasteiger partial charge in [0, 0.05) is 37.3 Å². The number of aromatic nitrogens is 1. The number of nitrogens with two attached hydrogens (primary N) is 1. The Labute approximate surface area is 88.3 Å². The van der Waals surface area contributed by atoms with Crippen LogP contribution >= 0.6 is 11.3 Å². The Morgan fingerprint density at radius 2 is 2.36 bits per heavy atom. The van der Waals surface area contributed by atoms with E-state index in [4.69, 9.17) is 10.5 Å². The molecule has 1 atom stereocenters. The van der Waals surface area contributed by atoms with E-state index < -0.39 is 0 Å². The summed E-state index contributed by atoms with van der Waals surface area (Å²) in [5, 5.41) is 3.16. The van der Waals surface area contributed by atoms with E-state index in [0.717, 1.165) is 37.5 Å². The highest BCUT2D eigenvalue weighted by molar-refractivity contribution is 7.09. The maximum absolute atomic E-state index is 6.15. The van der Waals surface area contributed by atoms with Gasteiger partial charge in [0.2, 0.25) is 0 Å². The van der Waals surface area contributed by atoms with Crippen LogP contribution in [0.1, 0.15) is 17.8 Å². The molecule has 1 saturated heterocycles. The van der Waals surface area contributed by atoms with Crippen molar-refractivity contribution in [3.8, 4) is 0 Å². The Morgan fingerprint density at radius 1 is 1.57 bits per heavy atom. The maximum atomic E-state index is 6.15. The van der Waals surface area contributed by atoms with Gasteiger partial charge in [0.1, 0.15) is 0 Å². The maximum Gasteiger partial charge on any atom is 0.0940 e. The summed E-state index contributed by atoms with van der Waals surface area (Å²) in [4.78, 5) is 4.26. The minimum Gasteiger partial charge on any atom is -0.381 e. The summed E-state index contributed by atoms with van der Waals surface area (Å²) in [7, 11) is 0. The Morgan fingerprint density at radius 3 is 3.00 bits per heavy atom. The fraction of sp³-hybridized carbons (Fsp3) is 0.700. The molecular formula is C10H16N2OS. The van der Waals surface area contributed by atoms with Crippen LogP contribution in [-0.4, -0.2) is 24.2 Å². The molecule has 1 unspecified atom stereocenters. The van der Waals surface area contributed by atoms with Gasteiger partial charge in [-0.3, -0.25) is 0 Å². The van der Waals surface area contributed by atoms with E-state index in [0.29, 0.717) is 5.92 Å². The van der Waals surface area contributed by atoms with Crippen molar-refractivity contribution in [2.24, 2.45) is 11.7 Å². The molecule has 0 radical (unpaired) electrons. The van der Waals surface area contributed by atoms with Crippen LogP contribution in [0.2, 0.25) is 0 Å². The van der Waals surface area contributed by atoms with Crippen molar-refractivity contribution in [1.29, 1.82) is 0 Å². The molecular weight excluding hydrogens is 196 g/mol. The van der Waals surface area contributed by atoms with Crippen LogP contribution in [0.5, 0.6) is 0 Å². The second-order valence-electron chi connectivity index (χ2n) is 3.74. The molecule has 2 heterocycles. The van der Waals surface area contributed by atoms with Crippen molar-refractivity contribution in [2.45, 2.75) is 25.3 Å². The van der Waals surface area contributed by atoms with Gasteiger partial charge < -0.3 is 10.5 Å². The molecule has 0 aromatic carbocycles. The van der Waals surface area contributed by atoms with Crippen molar-refractivity contribution >= 4 is 11.3 Å². The molecule has 1 fully saturated rings. The van der Waals surface area contributed by atoms with Crippen molar-refractivity contribution in [2.75, 3.05) is 13.2 Å². The van der Waals surface area contributed by atoms with Gasteiger partial charge in [-0.2, -0.15) is 0 Å². The number of hydrogen-bond acceptors (Lipinski definition) is 4. The lowest BCUT2D eigenvalue weighted by atomic mass is 9.91. The molecule has 2 rings (SSSR count). The first-order valence-corrected chi connectivity index (χ1v) is 5.96. The molecule has 78 valence electrons. The fourth-order valence-corrected chi connectivity index (χ4v) is 2.56. The zero-order chi connectivity index (χ0) is 9.80. The average Bonchev–Trinajstić information content (AvgIpc) is 2.72. The first-order chi connectivity index (χ1) is 6.86. The molecule has 4 heteroatoms. The quantitative estimate of drug-likeness (QED) is 0.824. The summed E-state index contributed by atoms with van der Waals surface area (Å²) in [6.07, 6.45) is 4.97. The number of ether oxygens (including phenoxy) is 1. The highest BCUT2D eigenvalue weighted by Crippen LogP contribution is 2.20. The zero-order valence-corrected chi connectivity index (χ0v) is 9.00. The van der Waals surface area contributed by atoms with E-state index >= 15 is 0 Å². The van der Waals surface area contributed by atoms with Gasteiger partial charge in [0.15, 0.2) is 0 Å². The predicted molar refractivity (Wildman–Crippen MR) is 57.3 cm³/mol. The van der Waals surface area contributed by atoms with E-state index in [2.05, 4.69) is 4.98 Å². The molecule has 1 aromatic rings. The average molecular weight is 212 g/mol. The molecule has 0 saturated carbocycles. The summed E-state index contributed by atoms with van der Waals surface area (Å²) < 4.78 is 5.32. The lowest BCUT2D eigenvalue weighted by molar-refractivity contribution is 0.0585. The van der Waals surface area contributed by atoms with Crippen LogP contribution in [-0.2, 0) is 11.2 Å². The monoisotopic (exact) mass is 212 g/mol. The third kappa shape index (κ3) is 2.53. The first kappa shape index (κ1) is 10.1. The van der Waals surface area contributed by atoms with E-state index in [-0.39, 0.29) is 6.04 Å². The van der Waals surface area contributed by atoms with Crippen LogP contribution < -0.4 is 5.73 Å². The third-order valence-corrected chi connectivity index (χ3v) is 3.57. The van der Waals surface area contributed by atoms with Gasteiger partial charge in [-0.15, -0.1) is 11.3 Å². The third-order valence-electron chi connectivity index (χ3n) is 2.77. The summed E-state index contributed by atoms with van der Waals surface area (Å²) in [5.41, 5.74) is 6.15. The Bertz CT molecular complexity index is 257. The van der Waals surface area contributed by atoms with Crippen molar-refractivity contribution < 1.29 is 4.74 Å². The summed E-state index contributed by atoms with van der Waals surface area (Å²) in [6.45, 7) is 1.74. The number of hydrogen-bond donors (Lipinski definition) is 1.